The number of carbonyl (C=O) groups excluding carboxylic acids is 1. The summed E-state index contributed by atoms with van der Waals surface area (Å²) in [6, 6.07) is 7.61. The average Bonchev–Trinajstić information content (AvgIpc) is 2.37. The molecule has 110 valence electrons. The monoisotopic (exact) mass is 279 g/mol. The summed E-state index contributed by atoms with van der Waals surface area (Å²) in [5.41, 5.74) is 5.69. The first-order valence-electron chi connectivity index (χ1n) is 6.33. The van der Waals surface area contributed by atoms with Gasteiger partial charge < -0.3 is 21.0 Å². The Morgan fingerprint density at radius 3 is 2.80 bits per heavy atom. The molecule has 0 aliphatic rings. The van der Waals surface area contributed by atoms with Crippen molar-refractivity contribution >= 4 is 11.7 Å². The molecule has 6 heteroatoms. The van der Waals surface area contributed by atoms with Crippen molar-refractivity contribution in [3.63, 3.8) is 0 Å². The van der Waals surface area contributed by atoms with Gasteiger partial charge in [-0.3, -0.25) is 4.79 Å². The minimum Gasteiger partial charge on any atom is -0.493 e. The number of nitrogens with two attached hydrogens (primary N) is 1. The van der Waals surface area contributed by atoms with Gasteiger partial charge in [0.2, 0.25) is 5.91 Å². The van der Waals surface area contributed by atoms with Gasteiger partial charge in [0.05, 0.1) is 18.6 Å². The van der Waals surface area contributed by atoms with E-state index in [0.717, 1.165) is 11.3 Å². The van der Waals surface area contributed by atoms with E-state index in [1.807, 2.05) is 31.2 Å². The molecule has 0 atom stereocenters. The van der Waals surface area contributed by atoms with Crippen LogP contribution in [-0.4, -0.2) is 29.1 Å². The molecule has 4 N–H and O–H groups in total. The number of rotatable bonds is 6. The second kappa shape index (κ2) is 6.79. The number of aryl methyl sites for hydroxylation is 1. The summed E-state index contributed by atoms with van der Waals surface area (Å²) in [6.45, 7) is 5.55. The standard InChI is InChI=1S/C14H21N3O3/c1-10-5-4-6-11(9-10)20-8-7-12(18)16-14(2,3)13(15)17-19/h4-6,9,19H,7-8H2,1-3H3,(H2,15,17)(H,16,18). The predicted molar refractivity (Wildman–Crippen MR) is 76.9 cm³/mol. The molecular weight excluding hydrogens is 258 g/mol. The summed E-state index contributed by atoms with van der Waals surface area (Å²) in [6.07, 6.45) is 0.191. The lowest BCUT2D eigenvalue weighted by molar-refractivity contribution is -0.122. The summed E-state index contributed by atoms with van der Waals surface area (Å²) < 4.78 is 5.49. The second-order valence-electron chi connectivity index (χ2n) is 5.07. The molecule has 20 heavy (non-hydrogen) atoms. The molecule has 0 spiro atoms. The molecule has 0 saturated heterocycles. The quantitative estimate of drug-likeness (QED) is 0.317. The third-order valence-corrected chi connectivity index (χ3v) is 2.79. The zero-order chi connectivity index (χ0) is 15.2. The highest BCUT2D eigenvalue weighted by atomic mass is 16.5. The first-order valence-corrected chi connectivity index (χ1v) is 6.33. The fourth-order valence-corrected chi connectivity index (χ4v) is 1.57. The number of hydrogen-bond donors (Lipinski definition) is 3. The average molecular weight is 279 g/mol. The smallest absolute Gasteiger partial charge is 0.224 e. The molecule has 0 saturated carbocycles. The van der Waals surface area contributed by atoms with Crippen LogP contribution in [0.1, 0.15) is 25.8 Å². The summed E-state index contributed by atoms with van der Waals surface area (Å²) in [4.78, 5) is 11.8. The first-order chi connectivity index (χ1) is 9.35. The zero-order valence-electron chi connectivity index (χ0n) is 12.0. The number of nitrogens with one attached hydrogen (secondary N) is 1. The molecule has 0 unspecified atom stereocenters. The third kappa shape index (κ3) is 4.79. The van der Waals surface area contributed by atoms with Crippen molar-refractivity contribution in [2.45, 2.75) is 32.7 Å². The highest BCUT2D eigenvalue weighted by Gasteiger charge is 2.25. The molecule has 1 aromatic carbocycles. The molecule has 0 heterocycles. The van der Waals surface area contributed by atoms with E-state index in [1.54, 1.807) is 13.8 Å². The fraction of sp³-hybridized carbons (Fsp3) is 0.429. The Hall–Kier alpha value is -2.24. The lowest BCUT2D eigenvalue weighted by atomic mass is 10.0. The number of carbonyl (C=O) groups is 1. The topological polar surface area (TPSA) is 96.9 Å². The van der Waals surface area contributed by atoms with E-state index in [2.05, 4.69) is 10.5 Å². The van der Waals surface area contributed by atoms with Crippen molar-refractivity contribution in [2.75, 3.05) is 6.61 Å². The molecule has 0 bridgehead atoms. The number of amidine groups is 1. The van der Waals surface area contributed by atoms with Crippen molar-refractivity contribution < 1.29 is 14.7 Å². The van der Waals surface area contributed by atoms with Crippen molar-refractivity contribution in [1.29, 1.82) is 0 Å². The van der Waals surface area contributed by atoms with Crippen LogP contribution in [0.25, 0.3) is 0 Å². The van der Waals surface area contributed by atoms with Crippen LogP contribution in [0, 0.1) is 6.92 Å². The highest BCUT2D eigenvalue weighted by Crippen LogP contribution is 2.12. The summed E-state index contributed by atoms with van der Waals surface area (Å²) >= 11 is 0. The number of ether oxygens (including phenoxy) is 1. The number of nitrogens with zero attached hydrogens (tertiary/aromatic N) is 1. The SMILES string of the molecule is Cc1cccc(OCCC(=O)NC(C)(C)/C(N)=N/O)c1. The van der Waals surface area contributed by atoms with E-state index in [4.69, 9.17) is 15.7 Å². The normalized spacial score (nSPS) is 12.1. The van der Waals surface area contributed by atoms with Crippen LogP contribution >= 0.6 is 0 Å². The first kappa shape index (κ1) is 15.8. The molecule has 0 radical (unpaired) electrons. The summed E-state index contributed by atoms with van der Waals surface area (Å²) in [5.74, 6) is 0.452. The molecule has 0 aromatic heterocycles. The molecule has 0 aliphatic heterocycles. The lowest BCUT2D eigenvalue weighted by Crippen LogP contribution is -2.53. The van der Waals surface area contributed by atoms with Gasteiger partial charge in [0.1, 0.15) is 5.75 Å². The van der Waals surface area contributed by atoms with Gasteiger partial charge in [-0.15, -0.1) is 0 Å². The molecule has 6 nitrogen and oxygen atoms in total. The van der Waals surface area contributed by atoms with Gasteiger partial charge in [-0.1, -0.05) is 17.3 Å². The Morgan fingerprint density at radius 1 is 1.50 bits per heavy atom. The molecular formula is C14H21N3O3. The lowest BCUT2D eigenvalue weighted by Gasteiger charge is -2.24. The molecule has 0 aliphatic carbocycles. The van der Waals surface area contributed by atoms with Gasteiger partial charge in [0.25, 0.3) is 0 Å². The van der Waals surface area contributed by atoms with Crippen LogP contribution in [0.3, 0.4) is 0 Å². The Kier molecular flexibility index (Phi) is 5.37. The largest absolute Gasteiger partial charge is 0.493 e. The molecule has 1 aromatic rings. The van der Waals surface area contributed by atoms with Crippen molar-refractivity contribution in [2.24, 2.45) is 10.9 Å². The van der Waals surface area contributed by atoms with Crippen molar-refractivity contribution in [3.8, 4) is 5.75 Å². The Bertz CT molecular complexity index is 498. The molecule has 0 fully saturated rings. The number of oxime groups is 1. The Balaban J connectivity index is 2.41. The van der Waals surface area contributed by atoms with E-state index >= 15 is 0 Å². The molecule has 1 amide bonds. The predicted octanol–water partition coefficient (Wildman–Crippen LogP) is 1.41. The van der Waals surface area contributed by atoms with Crippen LogP contribution in [-0.2, 0) is 4.79 Å². The third-order valence-electron chi connectivity index (χ3n) is 2.79. The summed E-state index contributed by atoms with van der Waals surface area (Å²) in [5, 5.41) is 14.2. The van der Waals surface area contributed by atoms with Crippen LogP contribution in [0.5, 0.6) is 5.75 Å². The minimum atomic E-state index is -0.894. The number of amides is 1. The van der Waals surface area contributed by atoms with Crippen molar-refractivity contribution in [1.82, 2.24) is 5.32 Å². The van der Waals surface area contributed by atoms with E-state index in [-0.39, 0.29) is 24.8 Å². The van der Waals surface area contributed by atoms with E-state index in [0.29, 0.717) is 0 Å². The zero-order valence-corrected chi connectivity index (χ0v) is 12.0. The second-order valence-corrected chi connectivity index (χ2v) is 5.07. The highest BCUT2D eigenvalue weighted by molar-refractivity contribution is 5.93. The van der Waals surface area contributed by atoms with E-state index < -0.39 is 5.54 Å². The Labute approximate surface area is 118 Å². The van der Waals surface area contributed by atoms with Crippen LogP contribution in [0.15, 0.2) is 29.4 Å². The maximum absolute atomic E-state index is 11.8. The van der Waals surface area contributed by atoms with Gasteiger partial charge in [0.15, 0.2) is 5.84 Å². The minimum absolute atomic E-state index is 0.0505. The van der Waals surface area contributed by atoms with E-state index in [1.165, 1.54) is 0 Å². The van der Waals surface area contributed by atoms with Gasteiger partial charge in [-0.2, -0.15) is 0 Å². The van der Waals surface area contributed by atoms with Crippen LogP contribution in [0.2, 0.25) is 0 Å². The van der Waals surface area contributed by atoms with Crippen LogP contribution in [0.4, 0.5) is 0 Å². The maximum Gasteiger partial charge on any atom is 0.224 e. The molecule has 1 rings (SSSR count). The number of hydrogen-bond acceptors (Lipinski definition) is 4. The van der Waals surface area contributed by atoms with Gasteiger partial charge >= 0.3 is 0 Å². The van der Waals surface area contributed by atoms with Gasteiger partial charge in [-0.05, 0) is 38.5 Å². The van der Waals surface area contributed by atoms with Crippen molar-refractivity contribution in [3.05, 3.63) is 29.8 Å². The van der Waals surface area contributed by atoms with Gasteiger partial charge in [-0.25, -0.2) is 0 Å². The maximum atomic E-state index is 11.8. The Morgan fingerprint density at radius 2 is 2.20 bits per heavy atom. The fourth-order valence-electron chi connectivity index (χ4n) is 1.57. The summed E-state index contributed by atoms with van der Waals surface area (Å²) in [7, 11) is 0. The van der Waals surface area contributed by atoms with E-state index in [9.17, 15) is 4.79 Å². The van der Waals surface area contributed by atoms with Crippen LogP contribution < -0.4 is 15.8 Å². The number of benzene rings is 1. The van der Waals surface area contributed by atoms with Gasteiger partial charge in [0, 0.05) is 0 Å².